The van der Waals surface area contributed by atoms with Crippen LogP contribution in [0.5, 0.6) is 0 Å². The predicted octanol–water partition coefficient (Wildman–Crippen LogP) is -0.0585. The van der Waals surface area contributed by atoms with Crippen molar-refractivity contribution < 1.29 is 19.5 Å². The summed E-state index contributed by atoms with van der Waals surface area (Å²) in [6, 6.07) is 4.77. The van der Waals surface area contributed by atoms with Crippen molar-refractivity contribution in [3.63, 3.8) is 0 Å². The molecule has 1 aromatic heterocycles. The lowest BCUT2D eigenvalue weighted by Crippen LogP contribution is -2.57. The van der Waals surface area contributed by atoms with Crippen LogP contribution in [0.25, 0.3) is 5.69 Å². The maximum atomic E-state index is 12.9. The molecule has 0 spiro atoms. The number of piperidine rings is 4. The molecule has 10 nitrogen and oxygen atoms in total. The van der Waals surface area contributed by atoms with Gasteiger partial charge in [0, 0.05) is 25.1 Å². The Hall–Kier alpha value is -3.11. The van der Waals surface area contributed by atoms with E-state index in [1.807, 2.05) is 6.07 Å². The molecule has 2 N–H and O–H groups in total. The molecule has 7 rings (SSSR count). The first-order valence-electron chi connectivity index (χ1n) is 11.1. The fourth-order valence-corrected chi connectivity index (χ4v) is 5.62. The van der Waals surface area contributed by atoms with Crippen LogP contribution in [0.2, 0.25) is 0 Å². The van der Waals surface area contributed by atoms with Crippen molar-refractivity contribution in [1.29, 1.82) is 0 Å². The van der Waals surface area contributed by atoms with Gasteiger partial charge in [-0.15, -0.1) is 5.10 Å². The second-order valence-corrected chi connectivity index (χ2v) is 9.26. The molecule has 166 valence electrons. The lowest BCUT2D eigenvalue weighted by atomic mass is 9.74. The minimum atomic E-state index is -0.982. The molecule has 4 saturated heterocycles. The van der Waals surface area contributed by atoms with Gasteiger partial charge in [0.15, 0.2) is 0 Å². The van der Waals surface area contributed by atoms with Crippen LogP contribution in [0.4, 0.5) is 0 Å². The van der Waals surface area contributed by atoms with Crippen molar-refractivity contribution >= 4 is 17.7 Å². The van der Waals surface area contributed by atoms with Gasteiger partial charge in [-0.2, -0.15) is 0 Å². The van der Waals surface area contributed by atoms with Crippen LogP contribution in [0.1, 0.15) is 47.3 Å². The molecule has 0 radical (unpaired) electrons. The summed E-state index contributed by atoms with van der Waals surface area (Å²) < 4.78 is 1.63. The summed E-state index contributed by atoms with van der Waals surface area (Å²) in [6.07, 6.45) is 4.25. The minimum Gasteiger partial charge on any atom is -0.382 e. The van der Waals surface area contributed by atoms with Gasteiger partial charge in [-0.1, -0.05) is 5.21 Å². The number of benzene rings is 1. The molecule has 3 amide bonds. The summed E-state index contributed by atoms with van der Waals surface area (Å²) in [5.41, 5.74) is 1.69. The molecule has 32 heavy (non-hydrogen) atoms. The fraction of sp³-hybridized carbons (Fsp3) is 0.500. The SMILES string of the molecule is O=C1CCC(N2Cc3cc(-n4cc(C5(O)CN6CCC5CC6)nn4)ccc3C2=O)C(=O)N1. The van der Waals surface area contributed by atoms with Crippen LogP contribution < -0.4 is 5.32 Å². The van der Waals surface area contributed by atoms with Crippen LogP contribution in [-0.4, -0.2) is 73.3 Å². The highest BCUT2D eigenvalue weighted by molar-refractivity contribution is 6.05. The van der Waals surface area contributed by atoms with Gasteiger partial charge in [0.1, 0.15) is 17.3 Å². The number of aliphatic hydroxyl groups is 1. The molecular formula is C22H24N6O4. The third kappa shape index (κ3) is 2.90. The number of carbonyl (C=O) groups excluding carboxylic acids is 3. The van der Waals surface area contributed by atoms with Crippen molar-refractivity contribution in [3.8, 4) is 5.69 Å². The summed E-state index contributed by atoms with van der Waals surface area (Å²) in [7, 11) is 0. The quantitative estimate of drug-likeness (QED) is 0.647. The number of hydrogen-bond donors (Lipinski definition) is 2. The summed E-state index contributed by atoms with van der Waals surface area (Å²) in [5, 5.41) is 22.2. The molecule has 6 heterocycles. The first kappa shape index (κ1) is 19.6. The van der Waals surface area contributed by atoms with Gasteiger partial charge in [-0.05, 0) is 62.0 Å². The second kappa shape index (κ2) is 6.94. The number of aromatic nitrogens is 3. The summed E-state index contributed by atoms with van der Waals surface area (Å²) in [5.74, 6) is -0.738. The van der Waals surface area contributed by atoms with E-state index < -0.39 is 17.6 Å². The van der Waals surface area contributed by atoms with Gasteiger partial charge < -0.3 is 14.9 Å². The molecule has 0 aliphatic carbocycles. The highest BCUT2D eigenvalue weighted by atomic mass is 16.3. The number of imide groups is 1. The number of hydrogen-bond acceptors (Lipinski definition) is 7. The maximum Gasteiger partial charge on any atom is 0.255 e. The molecule has 4 fully saturated rings. The molecule has 1 aromatic carbocycles. The van der Waals surface area contributed by atoms with Gasteiger partial charge in [0.25, 0.3) is 5.91 Å². The third-order valence-corrected chi connectivity index (χ3v) is 7.44. The van der Waals surface area contributed by atoms with E-state index in [4.69, 9.17) is 0 Å². The topological polar surface area (TPSA) is 121 Å². The Bertz CT molecular complexity index is 1140. The van der Waals surface area contributed by atoms with E-state index in [9.17, 15) is 19.5 Å². The molecular weight excluding hydrogens is 412 g/mol. The minimum absolute atomic E-state index is 0.192. The van der Waals surface area contributed by atoms with Crippen LogP contribution in [0.15, 0.2) is 24.4 Å². The summed E-state index contributed by atoms with van der Waals surface area (Å²) in [4.78, 5) is 40.4. The van der Waals surface area contributed by atoms with Crippen molar-refractivity contribution in [1.82, 2.24) is 30.1 Å². The second-order valence-electron chi connectivity index (χ2n) is 9.26. The van der Waals surface area contributed by atoms with Crippen molar-refractivity contribution in [2.45, 2.75) is 43.9 Å². The molecule has 10 heteroatoms. The molecule has 2 bridgehead atoms. The average molecular weight is 436 g/mol. The van der Waals surface area contributed by atoms with Gasteiger partial charge in [0.05, 0.1) is 11.9 Å². The van der Waals surface area contributed by atoms with E-state index >= 15 is 0 Å². The van der Waals surface area contributed by atoms with Crippen molar-refractivity contribution in [2.24, 2.45) is 5.92 Å². The zero-order chi connectivity index (χ0) is 22.0. The third-order valence-electron chi connectivity index (χ3n) is 7.44. The Labute approximate surface area is 184 Å². The Morgan fingerprint density at radius 3 is 2.66 bits per heavy atom. The fourth-order valence-electron chi connectivity index (χ4n) is 5.62. The zero-order valence-electron chi connectivity index (χ0n) is 17.5. The van der Waals surface area contributed by atoms with Gasteiger partial charge in [0.2, 0.25) is 11.8 Å². The first-order chi connectivity index (χ1) is 15.4. The molecule has 0 saturated carbocycles. The highest BCUT2D eigenvalue weighted by Crippen LogP contribution is 2.41. The van der Waals surface area contributed by atoms with E-state index in [1.54, 1.807) is 23.0 Å². The van der Waals surface area contributed by atoms with Gasteiger partial charge >= 0.3 is 0 Å². The number of rotatable bonds is 3. The number of nitrogens with zero attached hydrogens (tertiary/aromatic N) is 5. The predicted molar refractivity (Wildman–Crippen MR) is 110 cm³/mol. The monoisotopic (exact) mass is 436 g/mol. The van der Waals surface area contributed by atoms with Crippen LogP contribution in [0, 0.1) is 5.92 Å². The molecule has 5 aliphatic heterocycles. The molecule has 2 unspecified atom stereocenters. The average Bonchev–Trinajstić information content (AvgIpc) is 3.40. The number of carbonyl (C=O) groups is 3. The Morgan fingerprint density at radius 2 is 1.94 bits per heavy atom. The van der Waals surface area contributed by atoms with E-state index in [2.05, 4.69) is 20.5 Å². The number of nitrogens with one attached hydrogen (secondary N) is 1. The molecule has 2 atom stereocenters. The van der Waals surface area contributed by atoms with Crippen LogP contribution >= 0.6 is 0 Å². The first-order valence-corrected chi connectivity index (χ1v) is 11.1. The zero-order valence-corrected chi connectivity index (χ0v) is 17.5. The van der Waals surface area contributed by atoms with Crippen molar-refractivity contribution in [2.75, 3.05) is 19.6 Å². The van der Waals surface area contributed by atoms with Gasteiger partial charge in [-0.3, -0.25) is 19.7 Å². The van der Waals surface area contributed by atoms with Gasteiger partial charge in [-0.25, -0.2) is 4.68 Å². The number of amides is 3. The normalized spacial score (nSPS) is 31.7. The number of fused-ring (bicyclic) bond motifs is 4. The Kier molecular flexibility index (Phi) is 4.25. The Morgan fingerprint density at radius 1 is 1.12 bits per heavy atom. The van der Waals surface area contributed by atoms with Crippen molar-refractivity contribution in [3.05, 3.63) is 41.2 Å². The van der Waals surface area contributed by atoms with E-state index in [-0.39, 0.29) is 24.2 Å². The smallest absolute Gasteiger partial charge is 0.255 e. The standard InChI is InChI=1S/C22H24N6O4/c29-19-4-3-17(20(30)23-19)27-10-13-9-15(1-2-16(13)21(27)31)28-11-18(24-25-28)22(32)12-26-7-5-14(22)6-8-26/h1-2,9,11,14,17,32H,3-8,10,12H2,(H,23,29,30). The lowest BCUT2D eigenvalue weighted by Gasteiger charge is -2.49. The lowest BCUT2D eigenvalue weighted by molar-refractivity contribution is -0.136. The van der Waals surface area contributed by atoms with Crippen LogP contribution in [0.3, 0.4) is 0 Å². The van der Waals surface area contributed by atoms with Crippen LogP contribution in [-0.2, 0) is 21.7 Å². The molecule has 5 aliphatic rings. The highest BCUT2D eigenvalue weighted by Gasteiger charge is 2.48. The largest absolute Gasteiger partial charge is 0.382 e. The van der Waals surface area contributed by atoms with E-state index in [0.29, 0.717) is 30.8 Å². The van der Waals surface area contributed by atoms with E-state index in [1.165, 1.54) is 4.90 Å². The summed E-state index contributed by atoms with van der Waals surface area (Å²) in [6.45, 7) is 2.92. The van der Waals surface area contributed by atoms with E-state index in [0.717, 1.165) is 37.2 Å². The Balaban J connectivity index is 1.25. The maximum absolute atomic E-state index is 12.9. The summed E-state index contributed by atoms with van der Waals surface area (Å²) >= 11 is 0. The molecule has 2 aromatic rings.